The first-order valence-electron chi connectivity index (χ1n) is 4.40. The number of pyridine rings is 1. The van der Waals surface area contributed by atoms with Gasteiger partial charge in [-0.3, -0.25) is 10.1 Å². The standard InChI is InChI=1S/C9H7F3N4/c1-5-3-2-4-13-6(5)7-14-8(16-15-7)9(10,11)12/h2-4H,1H3,(H,14,15,16). The van der Waals surface area contributed by atoms with Crippen LogP contribution in [-0.4, -0.2) is 20.2 Å². The molecule has 0 aliphatic rings. The lowest BCUT2D eigenvalue weighted by Crippen LogP contribution is -2.07. The van der Waals surface area contributed by atoms with E-state index in [1.54, 1.807) is 19.1 Å². The molecule has 0 unspecified atom stereocenters. The van der Waals surface area contributed by atoms with Gasteiger partial charge < -0.3 is 0 Å². The Morgan fingerprint density at radius 2 is 2.06 bits per heavy atom. The largest absolute Gasteiger partial charge is 0.451 e. The fourth-order valence-corrected chi connectivity index (χ4v) is 1.21. The van der Waals surface area contributed by atoms with Gasteiger partial charge in [0.2, 0.25) is 5.82 Å². The van der Waals surface area contributed by atoms with Gasteiger partial charge in [-0.1, -0.05) is 6.07 Å². The van der Waals surface area contributed by atoms with Crippen LogP contribution in [0.25, 0.3) is 11.5 Å². The Kier molecular flexibility index (Phi) is 2.37. The highest BCUT2D eigenvalue weighted by atomic mass is 19.4. The Bertz CT molecular complexity index is 503. The summed E-state index contributed by atoms with van der Waals surface area (Å²) in [6.07, 6.45) is -3.04. The Morgan fingerprint density at radius 1 is 1.31 bits per heavy atom. The number of aromatic amines is 1. The van der Waals surface area contributed by atoms with E-state index in [-0.39, 0.29) is 5.82 Å². The van der Waals surface area contributed by atoms with E-state index in [0.29, 0.717) is 5.69 Å². The SMILES string of the molecule is Cc1cccnc1-c1n[nH]c(C(F)(F)F)n1. The van der Waals surface area contributed by atoms with E-state index in [9.17, 15) is 13.2 Å². The van der Waals surface area contributed by atoms with Crippen LogP contribution < -0.4 is 0 Å². The van der Waals surface area contributed by atoms with Crippen molar-refractivity contribution < 1.29 is 13.2 Å². The molecule has 16 heavy (non-hydrogen) atoms. The van der Waals surface area contributed by atoms with E-state index in [1.807, 2.05) is 5.10 Å². The molecule has 84 valence electrons. The molecule has 0 aliphatic carbocycles. The maximum atomic E-state index is 12.3. The predicted molar refractivity (Wildman–Crippen MR) is 49.4 cm³/mol. The summed E-state index contributed by atoms with van der Waals surface area (Å²) in [6, 6.07) is 3.42. The number of halogens is 3. The highest BCUT2D eigenvalue weighted by molar-refractivity contribution is 5.53. The third kappa shape index (κ3) is 1.88. The van der Waals surface area contributed by atoms with Gasteiger partial charge in [-0.05, 0) is 18.6 Å². The minimum Gasteiger partial charge on any atom is -0.255 e. The summed E-state index contributed by atoms with van der Waals surface area (Å²) in [6.45, 7) is 1.73. The monoisotopic (exact) mass is 228 g/mol. The molecule has 2 aromatic rings. The van der Waals surface area contributed by atoms with Crippen molar-refractivity contribution in [3.63, 3.8) is 0 Å². The molecule has 0 saturated carbocycles. The molecule has 7 heteroatoms. The summed E-state index contributed by atoms with van der Waals surface area (Å²) in [5.74, 6) is -1.17. The minimum absolute atomic E-state index is 0.0505. The van der Waals surface area contributed by atoms with E-state index in [0.717, 1.165) is 5.56 Å². The van der Waals surface area contributed by atoms with Crippen LogP contribution in [0.4, 0.5) is 13.2 Å². The summed E-state index contributed by atoms with van der Waals surface area (Å²) in [7, 11) is 0. The number of H-pyrrole nitrogens is 1. The molecule has 0 aromatic carbocycles. The van der Waals surface area contributed by atoms with Gasteiger partial charge in [-0.2, -0.15) is 18.3 Å². The van der Waals surface area contributed by atoms with Crippen molar-refractivity contribution in [2.24, 2.45) is 0 Å². The molecule has 0 aliphatic heterocycles. The van der Waals surface area contributed by atoms with Gasteiger partial charge in [0.25, 0.3) is 0 Å². The number of nitrogens with one attached hydrogen (secondary N) is 1. The number of nitrogens with zero attached hydrogens (tertiary/aromatic N) is 3. The molecule has 2 aromatic heterocycles. The molecule has 1 N–H and O–H groups in total. The third-order valence-electron chi connectivity index (χ3n) is 1.98. The minimum atomic E-state index is -4.52. The van der Waals surface area contributed by atoms with Crippen LogP contribution in [0.5, 0.6) is 0 Å². The number of alkyl halides is 3. The molecule has 0 saturated heterocycles. The lowest BCUT2D eigenvalue weighted by molar-refractivity contribution is -0.144. The maximum Gasteiger partial charge on any atom is 0.451 e. The van der Waals surface area contributed by atoms with Gasteiger partial charge in [0.1, 0.15) is 5.69 Å². The van der Waals surface area contributed by atoms with Gasteiger partial charge in [0.05, 0.1) is 0 Å². The number of rotatable bonds is 1. The lowest BCUT2D eigenvalue weighted by atomic mass is 10.2. The fraction of sp³-hybridized carbons (Fsp3) is 0.222. The number of hydrogen-bond acceptors (Lipinski definition) is 3. The maximum absolute atomic E-state index is 12.3. The van der Waals surface area contributed by atoms with Crippen molar-refractivity contribution in [3.8, 4) is 11.5 Å². The van der Waals surface area contributed by atoms with Gasteiger partial charge in [-0.25, -0.2) is 4.98 Å². The summed E-state index contributed by atoms with van der Waals surface area (Å²) < 4.78 is 36.8. The van der Waals surface area contributed by atoms with Crippen molar-refractivity contribution in [2.75, 3.05) is 0 Å². The molecule has 0 fully saturated rings. The first-order valence-corrected chi connectivity index (χ1v) is 4.40. The zero-order chi connectivity index (χ0) is 11.8. The van der Waals surface area contributed by atoms with Crippen LogP contribution in [0, 0.1) is 6.92 Å². The molecule has 0 amide bonds. The molecule has 0 bridgehead atoms. The highest BCUT2D eigenvalue weighted by Gasteiger charge is 2.35. The zero-order valence-electron chi connectivity index (χ0n) is 8.21. The average Bonchev–Trinajstić information content (AvgIpc) is 2.66. The molecule has 2 heterocycles. The second-order valence-electron chi connectivity index (χ2n) is 3.17. The summed E-state index contributed by atoms with van der Waals surface area (Å²) in [5.41, 5.74) is 1.06. The molecule has 4 nitrogen and oxygen atoms in total. The molecular weight excluding hydrogens is 221 g/mol. The topological polar surface area (TPSA) is 54.5 Å². The zero-order valence-corrected chi connectivity index (χ0v) is 8.21. The van der Waals surface area contributed by atoms with Crippen molar-refractivity contribution >= 4 is 0 Å². The van der Waals surface area contributed by atoms with Crippen molar-refractivity contribution in [2.45, 2.75) is 13.1 Å². The Labute approximate surface area is 88.6 Å². The summed E-state index contributed by atoms with van der Waals surface area (Å²) in [5, 5.41) is 5.34. The van der Waals surface area contributed by atoms with Crippen LogP contribution in [-0.2, 0) is 6.18 Å². The predicted octanol–water partition coefficient (Wildman–Crippen LogP) is 2.19. The lowest BCUT2D eigenvalue weighted by Gasteiger charge is -1.99. The molecule has 2 rings (SSSR count). The van der Waals surface area contributed by atoms with Gasteiger partial charge in [-0.15, -0.1) is 0 Å². The van der Waals surface area contributed by atoms with E-state index in [4.69, 9.17) is 0 Å². The van der Waals surface area contributed by atoms with E-state index < -0.39 is 12.0 Å². The smallest absolute Gasteiger partial charge is 0.255 e. The van der Waals surface area contributed by atoms with Crippen LogP contribution in [0.3, 0.4) is 0 Å². The van der Waals surface area contributed by atoms with Crippen molar-refractivity contribution in [3.05, 3.63) is 29.7 Å². The Balaban J connectivity index is 2.44. The first kappa shape index (κ1) is 10.6. The summed E-state index contributed by atoms with van der Waals surface area (Å²) in [4.78, 5) is 7.29. The van der Waals surface area contributed by atoms with Crippen molar-refractivity contribution in [1.82, 2.24) is 20.2 Å². The third-order valence-corrected chi connectivity index (χ3v) is 1.98. The number of aryl methyl sites for hydroxylation is 1. The van der Waals surface area contributed by atoms with E-state index >= 15 is 0 Å². The van der Waals surface area contributed by atoms with Crippen LogP contribution in [0.2, 0.25) is 0 Å². The molecule has 0 radical (unpaired) electrons. The van der Waals surface area contributed by atoms with Crippen molar-refractivity contribution in [1.29, 1.82) is 0 Å². The normalized spacial score (nSPS) is 11.8. The quantitative estimate of drug-likeness (QED) is 0.813. The second-order valence-corrected chi connectivity index (χ2v) is 3.17. The summed E-state index contributed by atoms with van der Waals surface area (Å²) >= 11 is 0. The second kappa shape index (κ2) is 3.58. The highest BCUT2D eigenvalue weighted by Crippen LogP contribution is 2.27. The van der Waals surface area contributed by atoms with Crippen LogP contribution >= 0.6 is 0 Å². The Hall–Kier alpha value is -1.92. The van der Waals surface area contributed by atoms with Gasteiger partial charge in [0.15, 0.2) is 5.82 Å². The number of aromatic nitrogens is 4. The van der Waals surface area contributed by atoms with E-state index in [1.165, 1.54) is 6.20 Å². The molecule has 0 atom stereocenters. The molecular formula is C9H7F3N4. The fourth-order valence-electron chi connectivity index (χ4n) is 1.21. The van der Waals surface area contributed by atoms with Gasteiger partial charge in [0, 0.05) is 6.20 Å². The van der Waals surface area contributed by atoms with E-state index in [2.05, 4.69) is 15.1 Å². The van der Waals surface area contributed by atoms with Crippen LogP contribution in [0.1, 0.15) is 11.4 Å². The van der Waals surface area contributed by atoms with Gasteiger partial charge >= 0.3 is 6.18 Å². The number of hydrogen-bond donors (Lipinski definition) is 1. The average molecular weight is 228 g/mol. The molecule has 0 spiro atoms. The Morgan fingerprint density at radius 3 is 2.62 bits per heavy atom. The van der Waals surface area contributed by atoms with Crippen LogP contribution in [0.15, 0.2) is 18.3 Å². The first-order chi connectivity index (χ1) is 7.48.